The summed E-state index contributed by atoms with van der Waals surface area (Å²) in [5, 5.41) is 0. The molecule has 0 aliphatic heterocycles. The van der Waals surface area contributed by atoms with Crippen LogP contribution in [0.3, 0.4) is 0 Å². The van der Waals surface area contributed by atoms with Crippen molar-refractivity contribution in [1.82, 2.24) is 0 Å². The van der Waals surface area contributed by atoms with E-state index in [9.17, 15) is 9.59 Å². The Hall–Kier alpha value is -2.62. The van der Waals surface area contributed by atoms with Crippen molar-refractivity contribution >= 4 is 11.9 Å². The number of carbonyl (C=O) groups is 2. The smallest absolute Gasteiger partial charge is 0.242 e. The minimum absolute atomic E-state index is 0.336. The van der Waals surface area contributed by atoms with Gasteiger partial charge in [0, 0.05) is 0 Å². The summed E-state index contributed by atoms with van der Waals surface area (Å²) in [5.74, 6) is -1.39. The second-order valence-electron chi connectivity index (χ2n) is 4.43. The van der Waals surface area contributed by atoms with Crippen LogP contribution in [-0.2, 0) is 9.78 Å². The fraction of sp³-hybridized carbons (Fsp3) is 0.125. The highest BCUT2D eigenvalue weighted by Gasteiger charge is 2.15. The summed E-state index contributed by atoms with van der Waals surface area (Å²) in [6.07, 6.45) is 0. The van der Waals surface area contributed by atoms with Crippen LogP contribution in [0.5, 0.6) is 0 Å². The minimum Gasteiger partial charge on any atom is -0.242 e. The quantitative estimate of drug-likeness (QED) is 0.621. The Morgan fingerprint density at radius 2 is 1.55 bits per heavy atom. The molecule has 0 aliphatic carbocycles. The lowest BCUT2D eigenvalue weighted by Gasteiger charge is -2.05. The molecule has 0 heterocycles. The summed E-state index contributed by atoms with van der Waals surface area (Å²) in [4.78, 5) is 32.6. The highest BCUT2D eigenvalue weighted by Crippen LogP contribution is 2.10. The average molecular weight is 270 g/mol. The van der Waals surface area contributed by atoms with Crippen LogP contribution in [0.1, 0.15) is 31.8 Å². The van der Waals surface area contributed by atoms with Gasteiger partial charge in [0.1, 0.15) is 0 Å². The van der Waals surface area contributed by atoms with Crippen LogP contribution >= 0.6 is 0 Å². The van der Waals surface area contributed by atoms with E-state index in [1.54, 1.807) is 43.3 Å². The summed E-state index contributed by atoms with van der Waals surface area (Å²) < 4.78 is 0. The van der Waals surface area contributed by atoms with Gasteiger partial charge in [-0.05, 0) is 37.6 Å². The standard InChI is InChI=1S/C16H14O4/c1-11-6-5-8-13(10-11)15(17)19-20-16(18)14-9-4-3-7-12(14)2/h3-10H,1-2H3. The lowest BCUT2D eigenvalue weighted by molar-refractivity contribution is -0.187. The third-order valence-electron chi connectivity index (χ3n) is 2.81. The van der Waals surface area contributed by atoms with Gasteiger partial charge in [-0.25, -0.2) is 19.4 Å². The lowest BCUT2D eigenvalue weighted by Crippen LogP contribution is -2.12. The minimum atomic E-state index is -0.698. The molecule has 0 bridgehead atoms. The highest BCUT2D eigenvalue weighted by atomic mass is 17.2. The molecule has 2 aromatic rings. The zero-order chi connectivity index (χ0) is 14.5. The van der Waals surface area contributed by atoms with Gasteiger partial charge in [0.2, 0.25) is 0 Å². The SMILES string of the molecule is Cc1cccc(C(=O)OOC(=O)c2ccccc2C)c1. The molecular formula is C16H14O4. The van der Waals surface area contributed by atoms with E-state index in [-0.39, 0.29) is 0 Å². The summed E-state index contributed by atoms with van der Waals surface area (Å²) in [5.41, 5.74) is 2.38. The second kappa shape index (κ2) is 6.02. The predicted octanol–water partition coefficient (Wildman–Crippen LogP) is 3.23. The van der Waals surface area contributed by atoms with E-state index in [2.05, 4.69) is 9.78 Å². The normalized spacial score (nSPS) is 9.90. The first kappa shape index (κ1) is 13.8. The zero-order valence-corrected chi connectivity index (χ0v) is 11.3. The van der Waals surface area contributed by atoms with Gasteiger partial charge in [0.05, 0.1) is 11.1 Å². The first-order chi connectivity index (χ1) is 9.58. The Bertz CT molecular complexity index is 646. The third kappa shape index (κ3) is 3.23. The van der Waals surface area contributed by atoms with E-state index >= 15 is 0 Å². The van der Waals surface area contributed by atoms with E-state index in [1.807, 2.05) is 19.1 Å². The van der Waals surface area contributed by atoms with Crippen LogP contribution in [0.25, 0.3) is 0 Å². The number of aryl methyl sites for hydroxylation is 2. The van der Waals surface area contributed by atoms with Crippen molar-refractivity contribution in [3.63, 3.8) is 0 Å². The van der Waals surface area contributed by atoms with Crippen LogP contribution in [0, 0.1) is 13.8 Å². The number of hydrogen-bond donors (Lipinski definition) is 0. The molecule has 0 aromatic heterocycles. The van der Waals surface area contributed by atoms with Gasteiger partial charge >= 0.3 is 11.9 Å². The van der Waals surface area contributed by atoms with Gasteiger partial charge in [-0.15, -0.1) is 0 Å². The molecule has 0 atom stereocenters. The van der Waals surface area contributed by atoms with Crippen LogP contribution in [0.4, 0.5) is 0 Å². The molecule has 0 spiro atoms. The molecule has 0 saturated carbocycles. The molecule has 0 saturated heterocycles. The molecule has 0 amide bonds. The predicted molar refractivity (Wildman–Crippen MR) is 73.2 cm³/mol. The lowest BCUT2D eigenvalue weighted by atomic mass is 10.1. The largest absolute Gasteiger partial charge is 0.386 e. The molecule has 4 nitrogen and oxygen atoms in total. The monoisotopic (exact) mass is 270 g/mol. The van der Waals surface area contributed by atoms with Gasteiger partial charge in [0.15, 0.2) is 0 Å². The topological polar surface area (TPSA) is 52.6 Å². The molecule has 0 radical (unpaired) electrons. The van der Waals surface area contributed by atoms with Crippen molar-refractivity contribution in [2.45, 2.75) is 13.8 Å². The molecule has 20 heavy (non-hydrogen) atoms. The Labute approximate surface area is 116 Å². The highest BCUT2D eigenvalue weighted by molar-refractivity contribution is 5.93. The van der Waals surface area contributed by atoms with Crippen LogP contribution in [0.2, 0.25) is 0 Å². The van der Waals surface area contributed by atoms with Crippen molar-refractivity contribution in [3.8, 4) is 0 Å². The van der Waals surface area contributed by atoms with E-state index in [4.69, 9.17) is 0 Å². The van der Waals surface area contributed by atoms with Crippen molar-refractivity contribution in [1.29, 1.82) is 0 Å². The maximum absolute atomic E-state index is 11.8. The summed E-state index contributed by atoms with van der Waals surface area (Å²) in [6.45, 7) is 3.63. The van der Waals surface area contributed by atoms with Crippen molar-refractivity contribution < 1.29 is 19.4 Å². The second-order valence-corrected chi connectivity index (χ2v) is 4.43. The molecule has 0 unspecified atom stereocenters. The number of rotatable bonds is 2. The Morgan fingerprint density at radius 3 is 2.25 bits per heavy atom. The van der Waals surface area contributed by atoms with E-state index in [0.29, 0.717) is 11.1 Å². The van der Waals surface area contributed by atoms with Crippen LogP contribution in [0.15, 0.2) is 48.5 Å². The molecule has 102 valence electrons. The molecule has 2 rings (SSSR count). The third-order valence-corrected chi connectivity index (χ3v) is 2.81. The molecule has 4 heteroatoms. The zero-order valence-electron chi connectivity index (χ0n) is 11.3. The average Bonchev–Trinajstić information content (AvgIpc) is 2.45. The molecule has 0 N–H and O–H groups in total. The molecule has 2 aromatic carbocycles. The maximum atomic E-state index is 11.8. The van der Waals surface area contributed by atoms with Crippen molar-refractivity contribution in [3.05, 3.63) is 70.8 Å². The van der Waals surface area contributed by atoms with Crippen LogP contribution < -0.4 is 0 Å². The van der Waals surface area contributed by atoms with Gasteiger partial charge in [-0.3, -0.25) is 0 Å². The maximum Gasteiger partial charge on any atom is 0.386 e. The van der Waals surface area contributed by atoms with Gasteiger partial charge < -0.3 is 0 Å². The summed E-state index contributed by atoms with van der Waals surface area (Å²) >= 11 is 0. The van der Waals surface area contributed by atoms with Crippen molar-refractivity contribution in [2.75, 3.05) is 0 Å². The number of benzene rings is 2. The molecule has 0 fully saturated rings. The number of hydrogen-bond acceptors (Lipinski definition) is 4. The van der Waals surface area contributed by atoms with Crippen LogP contribution in [-0.4, -0.2) is 11.9 Å². The Balaban J connectivity index is 2.01. The number of carbonyl (C=O) groups excluding carboxylic acids is 2. The van der Waals surface area contributed by atoms with Gasteiger partial charge in [-0.2, -0.15) is 0 Å². The summed E-state index contributed by atoms with van der Waals surface area (Å²) in [7, 11) is 0. The molecule has 0 aliphatic rings. The Kier molecular flexibility index (Phi) is 4.15. The van der Waals surface area contributed by atoms with E-state index in [0.717, 1.165) is 11.1 Å². The molecular weight excluding hydrogens is 256 g/mol. The Morgan fingerprint density at radius 1 is 0.850 bits per heavy atom. The van der Waals surface area contributed by atoms with Gasteiger partial charge in [0.25, 0.3) is 0 Å². The first-order valence-electron chi connectivity index (χ1n) is 6.13. The van der Waals surface area contributed by atoms with Crippen molar-refractivity contribution in [2.24, 2.45) is 0 Å². The fourth-order valence-electron chi connectivity index (χ4n) is 1.74. The fourth-order valence-corrected chi connectivity index (χ4v) is 1.74. The summed E-state index contributed by atoms with van der Waals surface area (Å²) in [6, 6.07) is 13.8. The van der Waals surface area contributed by atoms with Gasteiger partial charge in [-0.1, -0.05) is 35.9 Å². The van der Waals surface area contributed by atoms with E-state index in [1.165, 1.54) is 0 Å². The first-order valence-corrected chi connectivity index (χ1v) is 6.13. The van der Waals surface area contributed by atoms with E-state index < -0.39 is 11.9 Å².